The van der Waals surface area contributed by atoms with Crippen LogP contribution in [0.5, 0.6) is 0 Å². The molecule has 0 saturated heterocycles. The summed E-state index contributed by atoms with van der Waals surface area (Å²) in [6, 6.07) is 5.42. The number of rotatable bonds is 5. The Bertz CT molecular complexity index is 895. The SMILES string of the molecule is Cc1noc(C)c1S(=O)(=O)NCc1cncc(-c2ccco2)c1. The Morgan fingerprint density at radius 2 is 2.09 bits per heavy atom. The molecule has 3 aromatic rings. The molecule has 3 heterocycles. The maximum absolute atomic E-state index is 12.4. The van der Waals surface area contributed by atoms with E-state index in [1.807, 2.05) is 12.1 Å². The fraction of sp³-hybridized carbons (Fsp3) is 0.200. The van der Waals surface area contributed by atoms with E-state index in [9.17, 15) is 8.42 Å². The van der Waals surface area contributed by atoms with E-state index in [-0.39, 0.29) is 17.2 Å². The Kier molecular flexibility index (Phi) is 4.01. The van der Waals surface area contributed by atoms with Crippen molar-refractivity contribution >= 4 is 10.0 Å². The first-order valence-electron chi connectivity index (χ1n) is 6.88. The predicted molar refractivity (Wildman–Crippen MR) is 81.9 cm³/mol. The zero-order valence-corrected chi connectivity index (χ0v) is 13.4. The lowest BCUT2D eigenvalue weighted by atomic mass is 10.2. The van der Waals surface area contributed by atoms with Crippen LogP contribution in [0.2, 0.25) is 0 Å². The van der Waals surface area contributed by atoms with E-state index >= 15 is 0 Å². The Morgan fingerprint density at radius 3 is 2.74 bits per heavy atom. The number of pyridine rings is 1. The highest BCUT2D eigenvalue weighted by Crippen LogP contribution is 2.21. The van der Waals surface area contributed by atoms with Gasteiger partial charge in [0.2, 0.25) is 10.0 Å². The van der Waals surface area contributed by atoms with Crippen LogP contribution in [0.4, 0.5) is 0 Å². The van der Waals surface area contributed by atoms with Crippen LogP contribution in [0.1, 0.15) is 17.0 Å². The minimum Gasteiger partial charge on any atom is -0.464 e. The molecule has 23 heavy (non-hydrogen) atoms. The molecule has 0 spiro atoms. The van der Waals surface area contributed by atoms with E-state index in [1.165, 1.54) is 0 Å². The van der Waals surface area contributed by atoms with E-state index in [0.29, 0.717) is 17.0 Å². The quantitative estimate of drug-likeness (QED) is 0.770. The van der Waals surface area contributed by atoms with Crippen LogP contribution in [0.25, 0.3) is 11.3 Å². The number of aryl methyl sites for hydroxylation is 2. The summed E-state index contributed by atoms with van der Waals surface area (Å²) in [5.74, 6) is 0.936. The Balaban J connectivity index is 1.80. The molecule has 0 aliphatic carbocycles. The van der Waals surface area contributed by atoms with Gasteiger partial charge in [0.05, 0.1) is 6.26 Å². The Morgan fingerprint density at radius 1 is 1.26 bits per heavy atom. The Hall–Kier alpha value is -2.45. The summed E-state index contributed by atoms with van der Waals surface area (Å²) in [6.07, 6.45) is 4.83. The molecule has 3 aromatic heterocycles. The van der Waals surface area contributed by atoms with Gasteiger partial charge < -0.3 is 8.94 Å². The van der Waals surface area contributed by atoms with Crippen LogP contribution in [-0.2, 0) is 16.6 Å². The lowest BCUT2D eigenvalue weighted by Crippen LogP contribution is -2.24. The normalized spacial score (nSPS) is 11.7. The van der Waals surface area contributed by atoms with Crippen molar-refractivity contribution in [2.24, 2.45) is 0 Å². The van der Waals surface area contributed by atoms with Crippen LogP contribution >= 0.6 is 0 Å². The van der Waals surface area contributed by atoms with Gasteiger partial charge in [-0.3, -0.25) is 4.98 Å². The summed E-state index contributed by atoms with van der Waals surface area (Å²) >= 11 is 0. The summed E-state index contributed by atoms with van der Waals surface area (Å²) in [6.45, 7) is 3.26. The Labute approximate surface area is 133 Å². The molecule has 1 N–H and O–H groups in total. The number of furan rings is 1. The lowest BCUT2D eigenvalue weighted by Gasteiger charge is -2.07. The predicted octanol–water partition coefficient (Wildman–Crippen LogP) is 2.42. The highest BCUT2D eigenvalue weighted by atomic mass is 32.2. The van der Waals surface area contributed by atoms with E-state index < -0.39 is 10.0 Å². The van der Waals surface area contributed by atoms with Crippen LogP contribution in [0.15, 0.2) is 50.7 Å². The molecule has 0 bridgehead atoms. The molecule has 0 aromatic carbocycles. The van der Waals surface area contributed by atoms with Crippen LogP contribution in [0.3, 0.4) is 0 Å². The maximum Gasteiger partial charge on any atom is 0.246 e. The first-order chi connectivity index (χ1) is 11.0. The van der Waals surface area contributed by atoms with Gasteiger partial charge in [0.1, 0.15) is 16.3 Å². The monoisotopic (exact) mass is 333 g/mol. The van der Waals surface area contributed by atoms with Gasteiger partial charge in [-0.2, -0.15) is 0 Å². The van der Waals surface area contributed by atoms with E-state index in [1.54, 1.807) is 38.6 Å². The van der Waals surface area contributed by atoms with Crippen molar-refractivity contribution in [1.29, 1.82) is 0 Å². The third-order valence-electron chi connectivity index (χ3n) is 3.30. The molecule has 0 aliphatic heterocycles. The topological polar surface area (TPSA) is 98.2 Å². The molecule has 0 fully saturated rings. The summed E-state index contributed by atoms with van der Waals surface area (Å²) < 4.78 is 37.5. The van der Waals surface area contributed by atoms with Gasteiger partial charge in [0, 0.05) is 24.5 Å². The summed E-state index contributed by atoms with van der Waals surface area (Å²) in [5.41, 5.74) is 1.83. The molecule has 0 amide bonds. The largest absolute Gasteiger partial charge is 0.464 e. The fourth-order valence-corrected chi connectivity index (χ4v) is 3.61. The molecular weight excluding hydrogens is 318 g/mol. The van der Waals surface area contributed by atoms with Gasteiger partial charge in [-0.25, -0.2) is 13.1 Å². The van der Waals surface area contributed by atoms with Crippen molar-refractivity contribution < 1.29 is 17.4 Å². The highest BCUT2D eigenvalue weighted by Gasteiger charge is 2.23. The van der Waals surface area contributed by atoms with Gasteiger partial charge >= 0.3 is 0 Å². The van der Waals surface area contributed by atoms with Crippen molar-refractivity contribution in [2.75, 3.05) is 0 Å². The minimum atomic E-state index is -3.70. The van der Waals surface area contributed by atoms with Crippen LogP contribution in [-0.4, -0.2) is 18.6 Å². The first kappa shape index (κ1) is 15.4. The second kappa shape index (κ2) is 5.98. The summed E-state index contributed by atoms with van der Waals surface area (Å²) in [5, 5.41) is 3.67. The van der Waals surface area contributed by atoms with Crippen molar-refractivity contribution in [3.63, 3.8) is 0 Å². The summed E-state index contributed by atoms with van der Waals surface area (Å²) in [7, 11) is -3.70. The molecule has 0 atom stereocenters. The van der Waals surface area contributed by atoms with Gasteiger partial charge in [-0.15, -0.1) is 0 Å². The van der Waals surface area contributed by atoms with Gasteiger partial charge in [-0.05, 0) is 37.6 Å². The number of aromatic nitrogens is 2. The summed E-state index contributed by atoms with van der Waals surface area (Å²) in [4.78, 5) is 4.19. The van der Waals surface area contributed by atoms with Crippen LogP contribution < -0.4 is 4.72 Å². The minimum absolute atomic E-state index is 0.0765. The zero-order valence-electron chi connectivity index (χ0n) is 12.6. The molecule has 0 unspecified atom stereocenters. The van der Waals surface area contributed by atoms with E-state index in [4.69, 9.17) is 8.94 Å². The van der Waals surface area contributed by atoms with E-state index in [0.717, 1.165) is 5.56 Å². The van der Waals surface area contributed by atoms with Crippen molar-refractivity contribution in [3.05, 3.63) is 53.9 Å². The second-order valence-electron chi connectivity index (χ2n) is 5.04. The smallest absolute Gasteiger partial charge is 0.246 e. The van der Waals surface area contributed by atoms with Crippen molar-refractivity contribution in [2.45, 2.75) is 25.3 Å². The van der Waals surface area contributed by atoms with Crippen molar-refractivity contribution in [3.8, 4) is 11.3 Å². The average Bonchev–Trinajstić information content (AvgIpc) is 3.16. The zero-order chi connectivity index (χ0) is 16.4. The number of hydrogen-bond donors (Lipinski definition) is 1. The standard InChI is InChI=1S/C15H15N3O4S/c1-10-15(11(2)22-18-10)23(19,20)17-8-12-6-13(9-16-7-12)14-4-3-5-21-14/h3-7,9,17H,8H2,1-2H3. The molecule has 0 aliphatic rings. The number of nitrogens with zero attached hydrogens (tertiary/aromatic N) is 2. The van der Waals surface area contributed by atoms with Crippen LogP contribution in [0, 0.1) is 13.8 Å². The first-order valence-corrected chi connectivity index (χ1v) is 8.36. The molecule has 3 rings (SSSR count). The molecular formula is C15H15N3O4S. The second-order valence-corrected chi connectivity index (χ2v) is 6.74. The maximum atomic E-state index is 12.4. The third kappa shape index (κ3) is 3.17. The van der Waals surface area contributed by atoms with Gasteiger partial charge in [0.15, 0.2) is 5.76 Å². The number of nitrogens with one attached hydrogen (secondary N) is 1. The molecule has 0 saturated carbocycles. The van der Waals surface area contributed by atoms with Gasteiger partial charge in [0.25, 0.3) is 0 Å². The van der Waals surface area contributed by atoms with Crippen molar-refractivity contribution in [1.82, 2.24) is 14.9 Å². The molecule has 8 heteroatoms. The average molecular weight is 333 g/mol. The van der Waals surface area contributed by atoms with Gasteiger partial charge in [-0.1, -0.05) is 5.16 Å². The number of sulfonamides is 1. The third-order valence-corrected chi connectivity index (χ3v) is 4.95. The number of hydrogen-bond acceptors (Lipinski definition) is 6. The molecule has 120 valence electrons. The molecule has 7 nitrogen and oxygen atoms in total. The lowest BCUT2D eigenvalue weighted by molar-refractivity contribution is 0.390. The van der Waals surface area contributed by atoms with E-state index in [2.05, 4.69) is 14.9 Å². The fourth-order valence-electron chi connectivity index (χ4n) is 2.27. The molecule has 0 radical (unpaired) electrons. The highest BCUT2D eigenvalue weighted by molar-refractivity contribution is 7.89.